The lowest BCUT2D eigenvalue weighted by Gasteiger charge is -2.27. The fraction of sp³-hybridized carbons (Fsp3) is 0.533. The largest absolute Gasteiger partial charge is 0.481 e. The minimum absolute atomic E-state index is 0.307. The van der Waals surface area contributed by atoms with Crippen LogP contribution in [0, 0.1) is 18.8 Å². The zero-order valence-corrected chi connectivity index (χ0v) is 13.4. The number of hydrogen-bond acceptors (Lipinski definition) is 5. The van der Waals surface area contributed by atoms with Crippen LogP contribution < -0.4 is 5.32 Å². The van der Waals surface area contributed by atoms with Gasteiger partial charge in [0.05, 0.1) is 24.5 Å². The molecule has 1 heterocycles. The molecule has 7 heteroatoms. The van der Waals surface area contributed by atoms with Gasteiger partial charge in [0.2, 0.25) is 5.91 Å². The van der Waals surface area contributed by atoms with Crippen molar-refractivity contribution in [2.24, 2.45) is 11.8 Å². The Morgan fingerprint density at radius 3 is 2.50 bits per heavy atom. The predicted molar refractivity (Wildman–Crippen MR) is 82.1 cm³/mol. The lowest BCUT2D eigenvalue weighted by atomic mass is 9.79. The SMILES string of the molecule is COC(=O)c1cc(C)sc1NC(=O)C1CCCCC1C(=O)O. The second kappa shape index (κ2) is 6.91. The van der Waals surface area contributed by atoms with Crippen molar-refractivity contribution in [1.82, 2.24) is 0 Å². The van der Waals surface area contributed by atoms with Gasteiger partial charge in [-0.25, -0.2) is 4.79 Å². The zero-order valence-electron chi connectivity index (χ0n) is 12.5. The number of nitrogens with one attached hydrogen (secondary N) is 1. The van der Waals surface area contributed by atoms with Crippen LogP contribution in [0.1, 0.15) is 40.9 Å². The van der Waals surface area contributed by atoms with Gasteiger partial charge in [0.15, 0.2) is 0 Å². The summed E-state index contributed by atoms with van der Waals surface area (Å²) in [5, 5.41) is 12.4. The molecule has 1 fully saturated rings. The van der Waals surface area contributed by atoms with Gasteiger partial charge >= 0.3 is 11.9 Å². The van der Waals surface area contributed by atoms with E-state index in [-0.39, 0.29) is 5.91 Å². The number of rotatable bonds is 4. The lowest BCUT2D eigenvalue weighted by Crippen LogP contribution is -2.36. The van der Waals surface area contributed by atoms with Crippen molar-refractivity contribution in [2.45, 2.75) is 32.6 Å². The highest BCUT2D eigenvalue weighted by atomic mass is 32.1. The third-order valence-electron chi connectivity index (χ3n) is 3.92. The average molecular weight is 325 g/mol. The van der Waals surface area contributed by atoms with Crippen molar-refractivity contribution in [3.63, 3.8) is 0 Å². The monoisotopic (exact) mass is 325 g/mol. The number of carbonyl (C=O) groups is 3. The van der Waals surface area contributed by atoms with Crippen molar-refractivity contribution in [3.05, 3.63) is 16.5 Å². The van der Waals surface area contributed by atoms with E-state index in [1.54, 1.807) is 6.07 Å². The Morgan fingerprint density at radius 2 is 1.91 bits per heavy atom. The highest BCUT2D eigenvalue weighted by Crippen LogP contribution is 2.33. The third-order valence-corrected chi connectivity index (χ3v) is 4.88. The fourth-order valence-electron chi connectivity index (χ4n) is 2.81. The maximum Gasteiger partial charge on any atom is 0.340 e. The Kier molecular flexibility index (Phi) is 5.18. The van der Waals surface area contributed by atoms with Gasteiger partial charge in [0, 0.05) is 4.88 Å². The standard InChI is InChI=1S/C15H19NO5S/c1-8-7-11(15(20)21-2)13(22-8)16-12(17)9-5-3-4-6-10(9)14(18)19/h7,9-10H,3-6H2,1-2H3,(H,16,17)(H,18,19). The van der Waals surface area contributed by atoms with Crippen LogP contribution in [0.5, 0.6) is 0 Å². The van der Waals surface area contributed by atoms with Gasteiger partial charge in [0.1, 0.15) is 5.00 Å². The molecule has 1 aliphatic rings. The van der Waals surface area contributed by atoms with Crippen LogP contribution in [-0.2, 0) is 14.3 Å². The molecule has 0 aromatic carbocycles. The Labute approximate surface area is 132 Å². The van der Waals surface area contributed by atoms with Crippen molar-refractivity contribution in [3.8, 4) is 0 Å². The number of aryl methyl sites for hydroxylation is 1. The summed E-state index contributed by atoms with van der Waals surface area (Å²) in [6, 6.07) is 1.65. The molecule has 6 nitrogen and oxygen atoms in total. The first-order chi connectivity index (χ1) is 10.4. The van der Waals surface area contributed by atoms with Gasteiger partial charge in [-0.3, -0.25) is 9.59 Å². The molecule has 1 aliphatic carbocycles. The smallest absolute Gasteiger partial charge is 0.340 e. The molecule has 2 atom stereocenters. The van der Waals surface area contributed by atoms with E-state index in [2.05, 4.69) is 5.32 Å². The first-order valence-electron chi connectivity index (χ1n) is 7.16. The van der Waals surface area contributed by atoms with Crippen LogP contribution in [0.4, 0.5) is 5.00 Å². The van der Waals surface area contributed by atoms with Crippen molar-refractivity contribution in [1.29, 1.82) is 0 Å². The molecule has 2 N–H and O–H groups in total. The van der Waals surface area contributed by atoms with E-state index in [4.69, 9.17) is 4.74 Å². The fourth-order valence-corrected chi connectivity index (χ4v) is 3.72. The summed E-state index contributed by atoms with van der Waals surface area (Å²) in [6.45, 7) is 1.83. The molecular formula is C15H19NO5S. The minimum Gasteiger partial charge on any atom is -0.481 e. The molecule has 0 bridgehead atoms. The molecule has 120 valence electrons. The van der Waals surface area contributed by atoms with Gasteiger partial charge < -0.3 is 15.2 Å². The summed E-state index contributed by atoms with van der Waals surface area (Å²) in [5.41, 5.74) is 0.307. The van der Waals surface area contributed by atoms with E-state index in [1.165, 1.54) is 18.4 Å². The van der Waals surface area contributed by atoms with Crippen LogP contribution >= 0.6 is 11.3 Å². The van der Waals surface area contributed by atoms with Crippen LogP contribution in [0.25, 0.3) is 0 Å². The average Bonchev–Trinajstić information content (AvgIpc) is 2.86. The van der Waals surface area contributed by atoms with Gasteiger partial charge in [-0.1, -0.05) is 12.8 Å². The van der Waals surface area contributed by atoms with E-state index in [0.29, 0.717) is 23.4 Å². The summed E-state index contributed by atoms with van der Waals surface area (Å²) in [5.74, 6) is -3.00. The normalized spacial score (nSPS) is 21.2. The molecule has 0 spiro atoms. The molecule has 1 amide bonds. The summed E-state index contributed by atoms with van der Waals surface area (Å²) >= 11 is 1.28. The quantitative estimate of drug-likeness (QED) is 0.830. The van der Waals surface area contributed by atoms with Crippen molar-refractivity contribution < 1.29 is 24.2 Å². The molecular weight excluding hydrogens is 306 g/mol. The lowest BCUT2D eigenvalue weighted by molar-refractivity contribution is -0.147. The molecule has 0 aliphatic heterocycles. The molecule has 1 saturated carbocycles. The number of aliphatic carboxylic acids is 1. The number of esters is 1. The Bertz CT molecular complexity index is 595. The van der Waals surface area contributed by atoms with E-state index < -0.39 is 23.8 Å². The number of carboxylic acids is 1. The molecule has 2 rings (SSSR count). The number of methoxy groups -OCH3 is 1. The second-order valence-electron chi connectivity index (χ2n) is 5.42. The van der Waals surface area contributed by atoms with Crippen LogP contribution in [0.2, 0.25) is 0 Å². The topological polar surface area (TPSA) is 92.7 Å². The van der Waals surface area contributed by atoms with Gasteiger partial charge in [-0.2, -0.15) is 0 Å². The first kappa shape index (κ1) is 16.5. The number of amides is 1. The molecule has 22 heavy (non-hydrogen) atoms. The van der Waals surface area contributed by atoms with E-state index in [9.17, 15) is 19.5 Å². The van der Waals surface area contributed by atoms with Crippen molar-refractivity contribution >= 4 is 34.2 Å². The predicted octanol–water partition coefficient (Wildman–Crippen LogP) is 2.67. The van der Waals surface area contributed by atoms with Crippen molar-refractivity contribution in [2.75, 3.05) is 12.4 Å². The van der Waals surface area contributed by atoms with E-state index in [0.717, 1.165) is 17.7 Å². The minimum atomic E-state index is -0.935. The van der Waals surface area contributed by atoms with E-state index in [1.807, 2.05) is 6.92 Å². The third kappa shape index (κ3) is 3.47. The summed E-state index contributed by atoms with van der Waals surface area (Å²) < 4.78 is 4.70. The number of carbonyl (C=O) groups excluding carboxylic acids is 2. The number of hydrogen-bond donors (Lipinski definition) is 2. The Balaban J connectivity index is 2.17. The van der Waals surface area contributed by atoms with E-state index >= 15 is 0 Å². The summed E-state index contributed by atoms with van der Waals surface area (Å²) in [4.78, 5) is 36.3. The van der Waals surface area contributed by atoms with Crippen LogP contribution in [0.3, 0.4) is 0 Å². The number of anilines is 1. The highest BCUT2D eigenvalue weighted by Gasteiger charge is 2.36. The number of thiophene rings is 1. The van der Waals surface area contributed by atoms with Gasteiger partial charge in [-0.15, -0.1) is 11.3 Å². The van der Waals surface area contributed by atoms with Crippen LogP contribution in [0.15, 0.2) is 6.07 Å². The maximum atomic E-state index is 12.4. The van der Waals surface area contributed by atoms with Crippen LogP contribution in [-0.4, -0.2) is 30.1 Å². The summed E-state index contributed by atoms with van der Waals surface area (Å²) in [7, 11) is 1.28. The first-order valence-corrected chi connectivity index (χ1v) is 7.98. The molecule has 1 aromatic rings. The maximum absolute atomic E-state index is 12.4. The van der Waals surface area contributed by atoms with Gasteiger partial charge in [0.25, 0.3) is 0 Å². The Morgan fingerprint density at radius 1 is 1.27 bits per heavy atom. The summed E-state index contributed by atoms with van der Waals surface area (Å²) in [6.07, 6.45) is 2.74. The number of carboxylic acid groups (broad SMARTS) is 1. The second-order valence-corrected chi connectivity index (χ2v) is 6.67. The number of ether oxygens (including phenoxy) is 1. The van der Waals surface area contributed by atoms with Gasteiger partial charge in [-0.05, 0) is 25.8 Å². The highest BCUT2D eigenvalue weighted by molar-refractivity contribution is 7.16. The molecule has 0 saturated heterocycles. The molecule has 2 unspecified atom stereocenters. The zero-order chi connectivity index (χ0) is 16.3. The Hall–Kier alpha value is -1.89. The molecule has 1 aromatic heterocycles. The molecule has 0 radical (unpaired) electrons.